The molecule has 0 saturated carbocycles. The van der Waals surface area contributed by atoms with Crippen LogP contribution in [0.4, 0.5) is 17.1 Å². The van der Waals surface area contributed by atoms with E-state index < -0.39 is 0 Å². The molecule has 0 fully saturated rings. The van der Waals surface area contributed by atoms with Gasteiger partial charge in [-0.3, -0.25) is 0 Å². The molecule has 0 unspecified atom stereocenters. The smallest absolute Gasteiger partial charge is 0.0640 e. The van der Waals surface area contributed by atoms with Gasteiger partial charge in [0.15, 0.2) is 0 Å². The van der Waals surface area contributed by atoms with Gasteiger partial charge in [0.05, 0.1) is 18.2 Å². The number of para-hydroxylation sites is 1. The van der Waals surface area contributed by atoms with Crippen LogP contribution in [0.15, 0.2) is 46.9 Å². The fraction of sp³-hybridized carbons (Fsp3) is 0.188. The van der Waals surface area contributed by atoms with Crippen molar-refractivity contribution in [1.82, 2.24) is 0 Å². The highest BCUT2D eigenvalue weighted by Crippen LogP contribution is 2.35. The number of aryl methyl sites for hydroxylation is 1. The number of nitriles is 1. The van der Waals surface area contributed by atoms with E-state index in [0.717, 1.165) is 27.1 Å². The molecular weight excluding hydrogens is 314 g/mol. The number of nitrogen functional groups attached to an aromatic ring is 1. The Kier molecular flexibility index (Phi) is 4.65. The molecule has 0 spiro atoms. The second-order valence-corrected chi connectivity index (χ2v) is 5.41. The van der Waals surface area contributed by atoms with Crippen molar-refractivity contribution in [3.8, 4) is 6.07 Å². The van der Waals surface area contributed by atoms with Crippen LogP contribution in [0.3, 0.4) is 0 Å². The van der Waals surface area contributed by atoms with Crippen molar-refractivity contribution >= 4 is 33.0 Å². The molecule has 2 rings (SSSR count). The van der Waals surface area contributed by atoms with Gasteiger partial charge in [-0.2, -0.15) is 5.26 Å². The molecule has 3 nitrogen and oxygen atoms in total. The van der Waals surface area contributed by atoms with Crippen molar-refractivity contribution < 1.29 is 0 Å². The lowest BCUT2D eigenvalue weighted by Gasteiger charge is -2.26. The summed E-state index contributed by atoms with van der Waals surface area (Å²) in [6, 6.07) is 16.2. The molecule has 0 aliphatic carbocycles. The largest absolute Gasteiger partial charge is 0.398 e. The van der Waals surface area contributed by atoms with E-state index in [9.17, 15) is 0 Å². The van der Waals surface area contributed by atoms with E-state index in [1.165, 1.54) is 0 Å². The monoisotopic (exact) mass is 329 g/mol. The van der Waals surface area contributed by atoms with Gasteiger partial charge in [-0.1, -0.05) is 18.2 Å². The SMILES string of the molecule is Cc1cc(N(CCC#N)c2ccccc2)c(Br)cc1N. The molecule has 0 radical (unpaired) electrons. The predicted molar refractivity (Wildman–Crippen MR) is 87.0 cm³/mol. The summed E-state index contributed by atoms with van der Waals surface area (Å²) in [5.41, 5.74) is 9.80. The van der Waals surface area contributed by atoms with Crippen LogP contribution >= 0.6 is 15.9 Å². The van der Waals surface area contributed by atoms with Gasteiger partial charge in [-0.05, 0) is 52.7 Å². The second kappa shape index (κ2) is 6.44. The molecule has 2 aromatic rings. The van der Waals surface area contributed by atoms with Crippen LogP contribution in [0.1, 0.15) is 12.0 Å². The molecule has 2 N–H and O–H groups in total. The molecule has 2 aromatic carbocycles. The van der Waals surface area contributed by atoms with Gasteiger partial charge in [-0.15, -0.1) is 0 Å². The zero-order valence-electron chi connectivity index (χ0n) is 11.3. The number of hydrogen-bond donors (Lipinski definition) is 1. The molecule has 0 saturated heterocycles. The average Bonchev–Trinajstić information content (AvgIpc) is 2.45. The molecule has 0 aliphatic heterocycles. The van der Waals surface area contributed by atoms with Crippen LogP contribution in [0.5, 0.6) is 0 Å². The lowest BCUT2D eigenvalue weighted by atomic mass is 10.1. The number of halogens is 1. The summed E-state index contributed by atoms with van der Waals surface area (Å²) in [7, 11) is 0. The third-order valence-corrected chi connectivity index (χ3v) is 3.78. The first kappa shape index (κ1) is 14.4. The Balaban J connectivity index is 2.47. The normalized spacial score (nSPS) is 10.1. The van der Waals surface area contributed by atoms with Crippen LogP contribution in [0.2, 0.25) is 0 Å². The van der Waals surface area contributed by atoms with Crippen LogP contribution in [-0.2, 0) is 0 Å². The first-order chi connectivity index (χ1) is 9.63. The number of anilines is 3. The van der Waals surface area contributed by atoms with Gasteiger partial charge in [0, 0.05) is 22.4 Å². The molecule has 20 heavy (non-hydrogen) atoms. The quantitative estimate of drug-likeness (QED) is 0.846. The molecule has 0 bridgehead atoms. The van der Waals surface area contributed by atoms with E-state index in [4.69, 9.17) is 11.0 Å². The summed E-state index contributed by atoms with van der Waals surface area (Å²) in [5.74, 6) is 0. The van der Waals surface area contributed by atoms with Gasteiger partial charge in [0.1, 0.15) is 0 Å². The third kappa shape index (κ3) is 3.12. The summed E-state index contributed by atoms with van der Waals surface area (Å²) in [6.45, 7) is 2.63. The summed E-state index contributed by atoms with van der Waals surface area (Å²) < 4.78 is 0.933. The van der Waals surface area contributed by atoms with Crippen molar-refractivity contribution in [3.05, 3.63) is 52.5 Å². The first-order valence-corrected chi connectivity index (χ1v) is 7.18. The van der Waals surface area contributed by atoms with Crippen molar-refractivity contribution in [2.24, 2.45) is 0 Å². The minimum absolute atomic E-state index is 0.463. The van der Waals surface area contributed by atoms with E-state index in [0.29, 0.717) is 13.0 Å². The molecular formula is C16H16BrN3. The van der Waals surface area contributed by atoms with Crippen LogP contribution in [0, 0.1) is 18.3 Å². The van der Waals surface area contributed by atoms with Gasteiger partial charge in [0.25, 0.3) is 0 Å². The minimum Gasteiger partial charge on any atom is -0.398 e. The highest BCUT2D eigenvalue weighted by Gasteiger charge is 2.13. The number of nitrogens with two attached hydrogens (primary N) is 1. The third-order valence-electron chi connectivity index (χ3n) is 3.14. The number of rotatable bonds is 4. The maximum atomic E-state index is 8.87. The Bertz CT molecular complexity index is 632. The van der Waals surface area contributed by atoms with Crippen LogP contribution < -0.4 is 10.6 Å². The zero-order chi connectivity index (χ0) is 14.5. The van der Waals surface area contributed by atoms with Crippen LogP contribution in [-0.4, -0.2) is 6.54 Å². The Morgan fingerprint density at radius 1 is 1.25 bits per heavy atom. The first-order valence-electron chi connectivity index (χ1n) is 6.38. The van der Waals surface area contributed by atoms with Gasteiger partial charge < -0.3 is 10.6 Å². The standard InChI is InChI=1S/C16H16BrN3/c1-12-10-16(14(17)11-15(12)19)20(9-5-8-18)13-6-3-2-4-7-13/h2-4,6-7,10-11H,5,9,19H2,1H3. The summed E-state index contributed by atoms with van der Waals surface area (Å²) in [4.78, 5) is 2.12. The van der Waals surface area contributed by atoms with E-state index in [1.54, 1.807) is 0 Å². The highest BCUT2D eigenvalue weighted by atomic mass is 79.9. The van der Waals surface area contributed by atoms with E-state index in [1.807, 2.05) is 49.4 Å². The van der Waals surface area contributed by atoms with Gasteiger partial charge >= 0.3 is 0 Å². The van der Waals surface area contributed by atoms with Crippen molar-refractivity contribution in [3.63, 3.8) is 0 Å². The number of nitrogens with zero attached hydrogens (tertiary/aromatic N) is 2. The molecule has 0 heterocycles. The molecule has 0 aliphatic rings. The van der Waals surface area contributed by atoms with Crippen molar-refractivity contribution in [1.29, 1.82) is 5.26 Å². The second-order valence-electron chi connectivity index (χ2n) is 4.56. The van der Waals surface area contributed by atoms with E-state index >= 15 is 0 Å². The maximum Gasteiger partial charge on any atom is 0.0640 e. The summed E-state index contributed by atoms with van der Waals surface area (Å²) in [6.07, 6.45) is 0.463. The van der Waals surface area contributed by atoms with E-state index in [-0.39, 0.29) is 0 Å². The zero-order valence-corrected chi connectivity index (χ0v) is 12.9. The molecule has 4 heteroatoms. The van der Waals surface area contributed by atoms with Crippen molar-refractivity contribution in [2.75, 3.05) is 17.2 Å². The molecule has 0 atom stereocenters. The lowest BCUT2D eigenvalue weighted by molar-refractivity contribution is 0.945. The predicted octanol–water partition coefficient (Wildman–Crippen LogP) is 4.39. The Morgan fingerprint density at radius 2 is 1.95 bits per heavy atom. The van der Waals surface area contributed by atoms with Gasteiger partial charge in [0.2, 0.25) is 0 Å². The number of hydrogen-bond acceptors (Lipinski definition) is 3. The highest BCUT2D eigenvalue weighted by molar-refractivity contribution is 9.10. The van der Waals surface area contributed by atoms with Crippen LogP contribution in [0.25, 0.3) is 0 Å². The Labute approximate surface area is 127 Å². The summed E-state index contributed by atoms with van der Waals surface area (Å²) in [5, 5.41) is 8.87. The lowest BCUT2D eigenvalue weighted by Crippen LogP contribution is -2.18. The minimum atomic E-state index is 0.463. The van der Waals surface area contributed by atoms with Gasteiger partial charge in [-0.25, -0.2) is 0 Å². The number of benzene rings is 2. The molecule has 0 amide bonds. The summed E-state index contributed by atoms with van der Waals surface area (Å²) >= 11 is 3.57. The Hall–Kier alpha value is -1.99. The molecule has 102 valence electrons. The topological polar surface area (TPSA) is 53.0 Å². The Morgan fingerprint density at radius 3 is 2.60 bits per heavy atom. The fourth-order valence-corrected chi connectivity index (χ4v) is 2.62. The molecule has 0 aromatic heterocycles. The maximum absolute atomic E-state index is 8.87. The van der Waals surface area contributed by atoms with Crippen molar-refractivity contribution in [2.45, 2.75) is 13.3 Å². The fourth-order valence-electron chi connectivity index (χ4n) is 2.05. The van der Waals surface area contributed by atoms with E-state index in [2.05, 4.69) is 26.9 Å². The average molecular weight is 330 g/mol.